The minimum absolute atomic E-state index is 0.127. The summed E-state index contributed by atoms with van der Waals surface area (Å²) in [6.45, 7) is 0. The third-order valence-corrected chi connectivity index (χ3v) is 4.53. The van der Waals surface area contributed by atoms with Gasteiger partial charge >= 0.3 is 5.97 Å². The van der Waals surface area contributed by atoms with Crippen molar-refractivity contribution in [1.82, 2.24) is 0 Å². The van der Waals surface area contributed by atoms with E-state index in [2.05, 4.69) is 20.9 Å². The molecule has 8 heteroatoms. The highest BCUT2D eigenvalue weighted by Crippen LogP contribution is 2.36. The molecule has 1 aliphatic rings. The second kappa shape index (κ2) is 8.35. The molecule has 3 rings (SSSR count). The Morgan fingerprint density at radius 3 is 2.18 bits per heavy atom. The number of carbonyl (C=O) groups is 1. The number of cyclic esters (lactones) is 1. The summed E-state index contributed by atoms with van der Waals surface area (Å²) in [5.41, 5.74) is 1.29. The van der Waals surface area contributed by atoms with Crippen LogP contribution in [0.4, 0.5) is 0 Å². The van der Waals surface area contributed by atoms with Crippen LogP contribution in [0.3, 0.4) is 0 Å². The van der Waals surface area contributed by atoms with Crippen molar-refractivity contribution >= 4 is 33.9 Å². The molecule has 0 N–H and O–H groups in total. The van der Waals surface area contributed by atoms with Gasteiger partial charge in [-0.05, 0) is 30.3 Å². The van der Waals surface area contributed by atoms with Crippen molar-refractivity contribution in [3.05, 3.63) is 51.6 Å². The molecule has 0 amide bonds. The van der Waals surface area contributed by atoms with Crippen LogP contribution in [0.25, 0.3) is 6.08 Å². The zero-order chi connectivity index (χ0) is 20.3. The maximum Gasteiger partial charge on any atom is 0.363 e. The summed E-state index contributed by atoms with van der Waals surface area (Å²) >= 11 is 3.40. The molecule has 0 saturated carbocycles. The number of halogens is 1. The highest BCUT2D eigenvalue weighted by molar-refractivity contribution is 9.10. The number of hydrogen-bond acceptors (Lipinski definition) is 7. The first kappa shape index (κ1) is 19.8. The van der Waals surface area contributed by atoms with Gasteiger partial charge in [0, 0.05) is 16.1 Å². The van der Waals surface area contributed by atoms with Crippen LogP contribution in [0.2, 0.25) is 0 Å². The van der Waals surface area contributed by atoms with Gasteiger partial charge in [-0.3, -0.25) is 0 Å². The average molecular weight is 448 g/mol. The molecule has 0 spiro atoms. The third-order valence-electron chi connectivity index (χ3n) is 4.04. The highest BCUT2D eigenvalue weighted by Gasteiger charge is 2.27. The van der Waals surface area contributed by atoms with E-state index >= 15 is 0 Å². The van der Waals surface area contributed by atoms with Crippen LogP contribution in [0, 0.1) is 0 Å². The Kier molecular flexibility index (Phi) is 5.89. The van der Waals surface area contributed by atoms with E-state index in [4.69, 9.17) is 23.7 Å². The summed E-state index contributed by atoms with van der Waals surface area (Å²) in [7, 11) is 6.12. The zero-order valence-corrected chi connectivity index (χ0v) is 17.3. The Labute approximate surface area is 170 Å². The number of esters is 1. The summed E-state index contributed by atoms with van der Waals surface area (Å²) in [5, 5.41) is 0. The maximum atomic E-state index is 12.4. The fourth-order valence-corrected chi connectivity index (χ4v) is 3.05. The summed E-state index contributed by atoms with van der Waals surface area (Å²) < 4.78 is 27.5. The molecule has 0 radical (unpaired) electrons. The number of ether oxygens (including phenoxy) is 5. The standard InChI is InChI=1S/C20H18BrNO6/c1-24-15-6-5-12(21)9-13(15)19-22-14(20(23)28-19)7-11-8-17(26-3)18(27-4)10-16(11)25-2/h5-10H,1-4H3. The van der Waals surface area contributed by atoms with Gasteiger partial charge in [0.05, 0.1) is 34.0 Å². The first-order valence-corrected chi connectivity index (χ1v) is 8.96. The van der Waals surface area contributed by atoms with Gasteiger partial charge < -0.3 is 23.7 Å². The Morgan fingerprint density at radius 1 is 0.893 bits per heavy atom. The SMILES string of the molecule is COc1cc(OC)c(OC)cc1C=C1N=C(c2cc(Br)ccc2OC)OC1=O. The predicted octanol–water partition coefficient (Wildman–Crippen LogP) is 3.83. The van der Waals surface area contributed by atoms with E-state index in [0.29, 0.717) is 34.1 Å². The minimum atomic E-state index is -0.575. The van der Waals surface area contributed by atoms with Crippen LogP contribution in [0.5, 0.6) is 23.0 Å². The lowest BCUT2D eigenvalue weighted by molar-refractivity contribution is -0.129. The van der Waals surface area contributed by atoms with Crippen LogP contribution < -0.4 is 18.9 Å². The molecule has 0 saturated heterocycles. The van der Waals surface area contributed by atoms with Crippen molar-refractivity contribution in [3.63, 3.8) is 0 Å². The molecule has 0 fully saturated rings. The Hall–Kier alpha value is -3.00. The molecule has 2 aromatic rings. The van der Waals surface area contributed by atoms with Crippen LogP contribution in [0.1, 0.15) is 11.1 Å². The van der Waals surface area contributed by atoms with E-state index in [1.807, 2.05) is 6.07 Å². The second-order valence-corrected chi connectivity index (χ2v) is 6.55. The molecule has 0 atom stereocenters. The number of carbonyl (C=O) groups excluding carboxylic acids is 1. The first-order valence-electron chi connectivity index (χ1n) is 8.17. The molecular formula is C20H18BrNO6. The van der Waals surface area contributed by atoms with E-state index < -0.39 is 5.97 Å². The molecule has 0 bridgehead atoms. The lowest BCUT2D eigenvalue weighted by Crippen LogP contribution is -2.07. The van der Waals surface area contributed by atoms with E-state index in [1.54, 1.807) is 30.3 Å². The molecule has 7 nitrogen and oxygen atoms in total. The summed E-state index contributed by atoms with van der Waals surface area (Å²) in [6.07, 6.45) is 1.57. The maximum absolute atomic E-state index is 12.4. The quantitative estimate of drug-likeness (QED) is 0.494. The summed E-state index contributed by atoms with van der Waals surface area (Å²) in [5.74, 6) is 1.64. The van der Waals surface area contributed by atoms with Crippen LogP contribution in [-0.2, 0) is 9.53 Å². The monoisotopic (exact) mass is 447 g/mol. The molecule has 146 valence electrons. The average Bonchev–Trinajstić information content (AvgIpc) is 3.07. The lowest BCUT2D eigenvalue weighted by atomic mass is 10.1. The van der Waals surface area contributed by atoms with Crippen molar-refractivity contribution in [2.45, 2.75) is 0 Å². The largest absolute Gasteiger partial charge is 0.496 e. The minimum Gasteiger partial charge on any atom is -0.496 e. The van der Waals surface area contributed by atoms with Gasteiger partial charge in [0.1, 0.15) is 11.5 Å². The smallest absolute Gasteiger partial charge is 0.363 e. The van der Waals surface area contributed by atoms with Gasteiger partial charge in [0.2, 0.25) is 5.90 Å². The van der Waals surface area contributed by atoms with Gasteiger partial charge in [-0.15, -0.1) is 0 Å². The summed E-state index contributed by atoms with van der Waals surface area (Å²) in [6, 6.07) is 8.73. The molecular weight excluding hydrogens is 430 g/mol. The Morgan fingerprint density at radius 2 is 1.54 bits per heavy atom. The topological polar surface area (TPSA) is 75.6 Å². The van der Waals surface area contributed by atoms with Crippen LogP contribution >= 0.6 is 15.9 Å². The van der Waals surface area contributed by atoms with E-state index in [0.717, 1.165) is 4.47 Å². The molecule has 2 aromatic carbocycles. The normalized spacial score (nSPS) is 14.5. The molecule has 28 heavy (non-hydrogen) atoms. The van der Waals surface area contributed by atoms with E-state index in [-0.39, 0.29) is 11.6 Å². The molecule has 0 aromatic heterocycles. The Balaban J connectivity index is 2.06. The second-order valence-electron chi connectivity index (χ2n) is 5.63. The first-order chi connectivity index (χ1) is 13.5. The molecule has 1 aliphatic heterocycles. The number of hydrogen-bond donors (Lipinski definition) is 0. The van der Waals surface area contributed by atoms with Gasteiger partial charge in [-0.25, -0.2) is 9.79 Å². The third kappa shape index (κ3) is 3.82. The fourth-order valence-electron chi connectivity index (χ4n) is 2.68. The van der Waals surface area contributed by atoms with Crippen LogP contribution in [0.15, 0.2) is 45.5 Å². The number of benzene rings is 2. The zero-order valence-electron chi connectivity index (χ0n) is 15.7. The van der Waals surface area contributed by atoms with Crippen molar-refractivity contribution in [1.29, 1.82) is 0 Å². The number of nitrogens with zero attached hydrogens (tertiary/aromatic N) is 1. The van der Waals surface area contributed by atoms with E-state index in [1.165, 1.54) is 28.4 Å². The van der Waals surface area contributed by atoms with Crippen LogP contribution in [-0.4, -0.2) is 40.3 Å². The summed E-state index contributed by atoms with van der Waals surface area (Å²) in [4.78, 5) is 16.7. The van der Waals surface area contributed by atoms with Crippen molar-refractivity contribution in [2.24, 2.45) is 4.99 Å². The molecule has 0 unspecified atom stereocenters. The van der Waals surface area contributed by atoms with Gasteiger partial charge in [-0.1, -0.05) is 15.9 Å². The fraction of sp³-hybridized carbons (Fsp3) is 0.200. The predicted molar refractivity (Wildman–Crippen MR) is 107 cm³/mol. The van der Waals surface area contributed by atoms with Gasteiger partial charge in [-0.2, -0.15) is 0 Å². The number of aliphatic imine (C=N–C) groups is 1. The van der Waals surface area contributed by atoms with Gasteiger partial charge in [0.15, 0.2) is 17.2 Å². The number of methoxy groups -OCH3 is 4. The van der Waals surface area contributed by atoms with E-state index in [9.17, 15) is 4.79 Å². The Bertz CT molecular complexity index is 983. The van der Waals surface area contributed by atoms with Crippen molar-refractivity contribution < 1.29 is 28.5 Å². The lowest BCUT2D eigenvalue weighted by Gasteiger charge is -2.12. The van der Waals surface area contributed by atoms with Crippen molar-refractivity contribution in [3.8, 4) is 23.0 Å². The molecule has 1 heterocycles. The highest BCUT2D eigenvalue weighted by atomic mass is 79.9. The number of rotatable bonds is 6. The molecule has 0 aliphatic carbocycles. The van der Waals surface area contributed by atoms with Gasteiger partial charge in [0.25, 0.3) is 0 Å². The van der Waals surface area contributed by atoms with Crippen molar-refractivity contribution in [2.75, 3.05) is 28.4 Å².